The number of carbonyl (C=O) groups is 1. The van der Waals surface area contributed by atoms with E-state index >= 15 is 0 Å². The number of aromatic nitrogens is 3. The molecule has 5 rings (SSSR count). The Labute approximate surface area is 247 Å². The van der Waals surface area contributed by atoms with Gasteiger partial charge in [0, 0.05) is 21.5 Å². The topological polar surface area (TPSA) is 78.3 Å². The van der Waals surface area contributed by atoms with Gasteiger partial charge in [0.1, 0.15) is 18.4 Å². The van der Waals surface area contributed by atoms with Crippen LogP contribution in [0.15, 0.2) is 89.2 Å². The van der Waals surface area contributed by atoms with E-state index in [0.29, 0.717) is 50.5 Å². The molecule has 0 bridgehead atoms. The molecule has 0 amide bonds. The monoisotopic (exact) mass is 594 g/mol. The van der Waals surface area contributed by atoms with Crippen molar-refractivity contribution in [2.24, 2.45) is 0 Å². The van der Waals surface area contributed by atoms with Gasteiger partial charge in [0.25, 0.3) is 0 Å². The largest absolute Gasteiger partial charge is 0.489 e. The number of allylic oxidation sites excluding steroid dienone is 1. The van der Waals surface area contributed by atoms with Crippen LogP contribution in [0.3, 0.4) is 0 Å². The average Bonchev–Trinajstić information content (AvgIpc) is 3.34. The van der Waals surface area contributed by atoms with Crippen molar-refractivity contribution in [1.82, 2.24) is 14.8 Å². The molecule has 0 saturated carbocycles. The van der Waals surface area contributed by atoms with Gasteiger partial charge in [-0.15, -0.1) is 5.10 Å². The van der Waals surface area contributed by atoms with Crippen LogP contribution in [0.1, 0.15) is 43.5 Å². The predicted octanol–water partition coefficient (Wildman–Crippen LogP) is 7.70. The van der Waals surface area contributed by atoms with Crippen LogP contribution >= 0.6 is 35.0 Å². The van der Waals surface area contributed by atoms with E-state index in [1.54, 1.807) is 4.68 Å². The van der Waals surface area contributed by atoms with Crippen LogP contribution in [0.25, 0.3) is 0 Å². The summed E-state index contributed by atoms with van der Waals surface area (Å²) in [7, 11) is 0. The minimum Gasteiger partial charge on any atom is -0.489 e. The molecule has 1 unspecified atom stereocenters. The molecule has 1 atom stereocenters. The lowest BCUT2D eigenvalue weighted by atomic mass is 9.95. The highest BCUT2D eigenvalue weighted by molar-refractivity contribution is 7.98. The second-order valence-electron chi connectivity index (χ2n) is 9.55. The van der Waals surface area contributed by atoms with Gasteiger partial charge < -0.3 is 14.8 Å². The quantitative estimate of drug-likeness (QED) is 0.157. The van der Waals surface area contributed by atoms with Gasteiger partial charge >= 0.3 is 5.97 Å². The molecule has 10 heteroatoms. The summed E-state index contributed by atoms with van der Waals surface area (Å²) in [5.74, 6) is 1.46. The first kappa shape index (κ1) is 28.1. The number of benzene rings is 3. The van der Waals surface area contributed by atoms with Gasteiger partial charge in [-0.25, -0.2) is 9.48 Å². The van der Waals surface area contributed by atoms with E-state index in [1.807, 2.05) is 93.6 Å². The molecule has 3 aromatic carbocycles. The maximum absolute atomic E-state index is 13.3. The number of rotatable bonds is 9. The van der Waals surface area contributed by atoms with E-state index in [2.05, 4.69) is 5.32 Å². The van der Waals surface area contributed by atoms with Gasteiger partial charge in [-0.05, 0) is 67.8 Å². The van der Waals surface area contributed by atoms with Crippen molar-refractivity contribution in [2.45, 2.75) is 50.4 Å². The number of esters is 1. The standard InChI is InChI=1S/C30H28Cl2N4O3S/c1-18(2)39-28(37)26-19(3)33-29-34-30(40-17-22-6-4-5-7-25(22)32)35-36(29)27(26)21-10-14-24(15-11-21)38-16-20-8-12-23(31)13-9-20/h4-15,18,27H,16-17H2,1-3H3,(H,33,34,35). The summed E-state index contributed by atoms with van der Waals surface area (Å²) in [4.78, 5) is 18.0. The fourth-order valence-corrected chi connectivity index (χ4v) is 5.53. The number of thioether (sulfide) groups is 1. The highest BCUT2D eigenvalue weighted by Gasteiger charge is 2.35. The third kappa shape index (κ3) is 6.46. The Hall–Kier alpha value is -3.46. The number of anilines is 1. The molecule has 0 aliphatic carbocycles. The third-order valence-corrected chi connectivity index (χ3v) is 7.73. The number of fused-ring (bicyclic) bond motifs is 1. The lowest BCUT2D eigenvalue weighted by molar-refractivity contribution is -0.143. The number of nitrogens with zero attached hydrogens (tertiary/aromatic N) is 3. The maximum atomic E-state index is 13.3. The van der Waals surface area contributed by atoms with Gasteiger partial charge in [-0.2, -0.15) is 4.98 Å². The summed E-state index contributed by atoms with van der Waals surface area (Å²) in [6, 6.07) is 22.3. The summed E-state index contributed by atoms with van der Waals surface area (Å²) in [6.45, 7) is 5.92. The van der Waals surface area contributed by atoms with Crippen molar-refractivity contribution in [2.75, 3.05) is 5.32 Å². The third-order valence-electron chi connectivity index (χ3n) is 6.23. The summed E-state index contributed by atoms with van der Waals surface area (Å²) in [6.07, 6.45) is -0.268. The van der Waals surface area contributed by atoms with Gasteiger partial charge in [-0.3, -0.25) is 0 Å². The maximum Gasteiger partial charge on any atom is 0.338 e. The van der Waals surface area contributed by atoms with Crippen LogP contribution in [-0.2, 0) is 21.9 Å². The summed E-state index contributed by atoms with van der Waals surface area (Å²) >= 11 is 13.8. The van der Waals surface area contributed by atoms with Crippen LogP contribution in [-0.4, -0.2) is 26.8 Å². The number of carbonyl (C=O) groups excluding carboxylic acids is 1. The number of hydrogen-bond donors (Lipinski definition) is 1. The van der Waals surface area contributed by atoms with Crippen molar-refractivity contribution < 1.29 is 14.3 Å². The number of hydrogen-bond acceptors (Lipinski definition) is 7. The Morgan fingerprint density at radius 2 is 1.77 bits per heavy atom. The minimum absolute atomic E-state index is 0.268. The first-order valence-electron chi connectivity index (χ1n) is 12.8. The van der Waals surface area contributed by atoms with Crippen LogP contribution in [0.5, 0.6) is 5.75 Å². The number of ether oxygens (including phenoxy) is 2. The second-order valence-corrected chi connectivity index (χ2v) is 11.3. The smallest absolute Gasteiger partial charge is 0.338 e. The first-order valence-corrected chi connectivity index (χ1v) is 14.5. The lowest BCUT2D eigenvalue weighted by Crippen LogP contribution is -2.30. The predicted molar refractivity (Wildman–Crippen MR) is 159 cm³/mol. The van der Waals surface area contributed by atoms with Crippen LogP contribution in [0.2, 0.25) is 10.0 Å². The molecule has 1 aliphatic rings. The average molecular weight is 596 g/mol. The number of halogens is 2. The lowest BCUT2D eigenvalue weighted by Gasteiger charge is -2.28. The first-order chi connectivity index (χ1) is 19.3. The molecule has 2 heterocycles. The molecule has 1 aliphatic heterocycles. The van der Waals surface area contributed by atoms with Gasteiger partial charge in [0.05, 0.1) is 11.7 Å². The summed E-state index contributed by atoms with van der Waals surface area (Å²) in [5.41, 5.74) is 4.00. The van der Waals surface area contributed by atoms with E-state index in [1.165, 1.54) is 11.8 Å². The Morgan fingerprint density at radius 3 is 2.48 bits per heavy atom. The second kappa shape index (κ2) is 12.4. The molecule has 1 aromatic heterocycles. The van der Waals surface area contributed by atoms with Crippen molar-refractivity contribution in [3.8, 4) is 5.75 Å². The van der Waals surface area contributed by atoms with E-state index in [9.17, 15) is 4.79 Å². The van der Waals surface area contributed by atoms with Crippen molar-refractivity contribution in [1.29, 1.82) is 0 Å². The van der Waals surface area contributed by atoms with Crippen LogP contribution < -0.4 is 10.1 Å². The molecule has 0 saturated heterocycles. The van der Waals surface area contributed by atoms with Crippen LogP contribution in [0, 0.1) is 0 Å². The van der Waals surface area contributed by atoms with Gasteiger partial charge in [0.2, 0.25) is 11.1 Å². The zero-order valence-electron chi connectivity index (χ0n) is 22.2. The molecule has 0 spiro atoms. The highest BCUT2D eigenvalue weighted by Crippen LogP contribution is 2.38. The van der Waals surface area contributed by atoms with Crippen molar-refractivity contribution in [3.63, 3.8) is 0 Å². The Bertz CT molecular complexity index is 1540. The zero-order valence-corrected chi connectivity index (χ0v) is 24.6. The molecule has 40 heavy (non-hydrogen) atoms. The van der Waals surface area contributed by atoms with Gasteiger partial charge in [-0.1, -0.05) is 77.4 Å². The molecule has 1 N–H and O–H groups in total. The van der Waals surface area contributed by atoms with Gasteiger partial charge in [0.15, 0.2) is 0 Å². The summed E-state index contributed by atoms with van der Waals surface area (Å²) in [5, 5.41) is 9.98. The van der Waals surface area contributed by atoms with E-state index in [0.717, 1.165) is 16.7 Å². The SMILES string of the molecule is CC1=C(C(=O)OC(C)C)C(c2ccc(OCc3ccc(Cl)cc3)cc2)n2nc(SCc3ccccc3Cl)nc2N1. The van der Waals surface area contributed by atoms with Crippen molar-refractivity contribution >= 4 is 46.9 Å². The molecular weight excluding hydrogens is 567 g/mol. The minimum atomic E-state index is -0.532. The molecular formula is C30H28Cl2N4O3S. The highest BCUT2D eigenvalue weighted by atomic mass is 35.5. The Morgan fingerprint density at radius 1 is 1.05 bits per heavy atom. The fourth-order valence-electron chi connectivity index (χ4n) is 4.29. The summed E-state index contributed by atoms with van der Waals surface area (Å²) < 4.78 is 13.3. The zero-order chi connectivity index (χ0) is 28.2. The Balaban J connectivity index is 1.42. The van der Waals surface area contributed by atoms with Crippen LogP contribution in [0.4, 0.5) is 5.95 Å². The fraction of sp³-hybridized carbons (Fsp3) is 0.233. The molecule has 0 fully saturated rings. The molecule has 4 aromatic rings. The van der Waals surface area contributed by atoms with E-state index < -0.39 is 12.0 Å². The Kier molecular flexibility index (Phi) is 8.69. The molecule has 0 radical (unpaired) electrons. The molecule has 206 valence electrons. The van der Waals surface area contributed by atoms with E-state index in [-0.39, 0.29) is 6.10 Å². The molecule has 7 nitrogen and oxygen atoms in total. The van der Waals surface area contributed by atoms with E-state index in [4.69, 9.17) is 42.8 Å². The number of nitrogens with one attached hydrogen (secondary N) is 1. The van der Waals surface area contributed by atoms with Crippen molar-refractivity contribution in [3.05, 3.63) is 111 Å². The normalized spacial score (nSPS) is 14.6.